The minimum atomic E-state index is 0.116. The number of ketones is 1. The van der Waals surface area contributed by atoms with Crippen LogP contribution in [-0.2, 0) is 4.79 Å². The van der Waals surface area contributed by atoms with Crippen LogP contribution in [0.2, 0.25) is 0 Å². The van der Waals surface area contributed by atoms with Gasteiger partial charge in [0.1, 0.15) is 5.78 Å². The molecule has 0 radical (unpaired) electrons. The van der Waals surface area contributed by atoms with E-state index in [0.717, 1.165) is 11.4 Å². The minimum absolute atomic E-state index is 0.116. The molecule has 4 nitrogen and oxygen atoms in total. The van der Waals surface area contributed by atoms with Gasteiger partial charge < -0.3 is 0 Å². The van der Waals surface area contributed by atoms with Crippen LogP contribution >= 0.6 is 11.8 Å². The predicted molar refractivity (Wildman–Crippen MR) is 64.9 cm³/mol. The molecule has 1 aromatic heterocycles. The molecule has 2 heterocycles. The van der Waals surface area contributed by atoms with Gasteiger partial charge in [0.15, 0.2) is 10.9 Å². The number of carbonyl (C=O) groups is 1. The molecule has 80 valence electrons. The average molecular weight is 232 g/mol. The molecule has 1 aliphatic heterocycles. The second-order valence-corrected chi connectivity index (χ2v) is 4.18. The van der Waals surface area contributed by atoms with Crippen LogP contribution in [0.3, 0.4) is 0 Å². The second-order valence-electron chi connectivity index (χ2n) is 3.24. The summed E-state index contributed by atoms with van der Waals surface area (Å²) in [6, 6.07) is 1.81. The SMILES string of the molecule is CC(=O)CSc1nccc(C2=[N+]=CC=C2)n1. The van der Waals surface area contributed by atoms with Gasteiger partial charge >= 0.3 is 5.71 Å². The van der Waals surface area contributed by atoms with Gasteiger partial charge in [0, 0.05) is 18.3 Å². The minimum Gasteiger partial charge on any atom is -0.299 e. The van der Waals surface area contributed by atoms with E-state index in [1.165, 1.54) is 11.8 Å². The molecule has 0 saturated heterocycles. The van der Waals surface area contributed by atoms with E-state index in [2.05, 4.69) is 14.6 Å². The van der Waals surface area contributed by atoms with Crippen molar-refractivity contribution in [3.63, 3.8) is 0 Å². The first-order valence-corrected chi connectivity index (χ1v) is 5.77. The van der Waals surface area contributed by atoms with Crippen molar-refractivity contribution in [2.24, 2.45) is 0 Å². The van der Waals surface area contributed by atoms with Crippen molar-refractivity contribution in [3.8, 4) is 0 Å². The number of hydrogen-bond acceptors (Lipinski definition) is 4. The van der Waals surface area contributed by atoms with E-state index in [-0.39, 0.29) is 5.78 Å². The summed E-state index contributed by atoms with van der Waals surface area (Å²) in [6.45, 7) is 1.55. The number of Topliss-reactive ketones (excluding diaryl/α,β-unsaturated/α-hetero) is 1. The third-order valence-electron chi connectivity index (χ3n) is 1.85. The fourth-order valence-corrected chi connectivity index (χ4v) is 1.80. The van der Waals surface area contributed by atoms with E-state index in [1.807, 2.05) is 12.2 Å². The van der Waals surface area contributed by atoms with Crippen LogP contribution in [-0.4, -0.2) is 33.4 Å². The smallest absolute Gasteiger partial charge is 0.299 e. The lowest BCUT2D eigenvalue weighted by Gasteiger charge is -1.97. The van der Waals surface area contributed by atoms with Crippen LogP contribution in [0.15, 0.2) is 29.6 Å². The third-order valence-corrected chi connectivity index (χ3v) is 2.86. The highest BCUT2D eigenvalue weighted by atomic mass is 32.2. The van der Waals surface area contributed by atoms with Crippen molar-refractivity contribution in [2.45, 2.75) is 12.1 Å². The molecular weight excluding hydrogens is 222 g/mol. The molecule has 0 spiro atoms. The maximum Gasteiger partial charge on any atom is 0.352 e. The van der Waals surface area contributed by atoms with Gasteiger partial charge in [-0.25, -0.2) is 9.97 Å². The Labute approximate surface area is 97.3 Å². The van der Waals surface area contributed by atoms with E-state index >= 15 is 0 Å². The highest BCUT2D eigenvalue weighted by Gasteiger charge is 2.15. The molecule has 0 aromatic carbocycles. The van der Waals surface area contributed by atoms with E-state index in [9.17, 15) is 4.79 Å². The standard InChI is InChI=1S/C11H10N3OS/c1-8(15)7-16-11-13-6-4-10(14-11)9-3-2-5-12-9/h2-6H,7H2,1H3/q+1. The zero-order chi connectivity index (χ0) is 11.4. The summed E-state index contributed by atoms with van der Waals surface area (Å²) in [5, 5.41) is 0.607. The van der Waals surface area contributed by atoms with Crippen LogP contribution in [0, 0.1) is 0 Å². The van der Waals surface area contributed by atoms with Gasteiger partial charge in [-0.1, -0.05) is 16.4 Å². The lowest BCUT2D eigenvalue weighted by molar-refractivity contribution is -0.114. The zero-order valence-electron chi connectivity index (χ0n) is 8.75. The van der Waals surface area contributed by atoms with Gasteiger partial charge in [0.05, 0.1) is 5.75 Å². The molecule has 5 heteroatoms. The number of carbonyl (C=O) groups excluding carboxylic acids is 1. The van der Waals surface area contributed by atoms with Crippen LogP contribution in [0.1, 0.15) is 12.6 Å². The van der Waals surface area contributed by atoms with E-state index in [0.29, 0.717) is 10.9 Å². The Balaban J connectivity index is 2.17. The second kappa shape index (κ2) is 4.88. The zero-order valence-corrected chi connectivity index (χ0v) is 9.57. The average Bonchev–Trinajstić information content (AvgIpc) is 2.80. The van der Waals surface area contributed by atoms with Crippen molar-refractivity contribution < 1.29 is 4.79 Å². The fourth-order valence-electron chi connectivity index (χ4n) is 1.17. The summed E-state index contributed by atoms with van der Waals surface area (Å²) >= 11 is 1.34. The lowest BCUT2D eigenvalue weighted by atomic mass is 10.2. The highest BCUT2D eigenvalue weighted by Crippen LogP contribution is 2.12. The van der Waals surface area contributed by atoms with Gasteiger partial charge in [0.2, 0.25) is 0 Å². The van der Waals surface area contributed by atoms with E-state index in [1.54, 1.807) is 25.4 Å². The van der Waals surface area contributed by atoms with Crippen LogP contribution in [0.5, 0.6) is 0 Å². The van der Waals surface area contributed by atoms with Crippen molar-refractivity contribution >= 4 is 29.5 Å². The normalized spacial score (nSPS) is 12.9. The largest absolute Gasteiger partial charge is 0.352 e. The summed E-state index contributed by atoms with van der Waals surface area (Å²) in [4.78, 5) is 19.3. The van der Waals surface area contributed by atoms with Gasteiger partial charge in [-0.2, -0.15) is 0 Å². The van der Waals surface area contributed by atoms with Crippen molar-refractivity contribution in [1.82, 2.24) is 14.6 Å². The Bertz CT molecular complexity index is 516. The molecule has 1 aliphatic rings. The summed E-state index contributed by atoms with van der Waals surface area (Å²) in [5.74, 6) is 0.517. The van der Waals surface area contributed by atoms with E-state index in [4.69, 9.17) is 0 Å². The molecule has 2 rings (SSSR count). The maximum absolute atomic E-state index is 10.8. The molecule has 0 fully saturated rings. The molecule has 1 aromatic rings. The van der Waals surface area contributed by atoms with Crippen LogP contribution < -0.4 is 4.67 Å². The fraction of sp³-hybridized carbons (Fsp3) is 0.182. The third kappa shape index (κ3) is 2.66. The van der Waals surface area contributed by atoms with Crippen LogP contribution in [0.4, 0.5) is 0 Å². The first kappa shape index (κ1) is 10.8. The van der Waals surface area contributed by atoms with Gasteiger partial charge in [-0.05, 0) is 13.0 Å². The summed E-state index contributed by atoms with van der Waals surface area (Å²) in [6.07, 6.45) is 7.15. The van der Waals surface area contributed by atoms with Gasteiger partial charge in [0.25, 0.3) is 6.21 Å². The molecule has 0 saturated carbocycles. The van der Waals surface area contributed by atoms with Crippen molar-refractivity contribution in [2.75, 3.05) is 5.75 Å². The lowest BCUT2D eigenvalue weighted by Crippen LogP contribution is -2.04. The Morgan fingerprint density at radius 3 is 3.12 bits per heavy atom. The van der Waals surface area contributed by atoms with Crippen molar-refractivity contribution in [1.29, 1.82) is 0 Å². The molecule has 0 bridgehead atoms. The van der Waals surface area contributed by atoms with Gasteiger partial charge in [-0.15, -0.1) is 0 Å². The Kier molecular flexibility index (Phi) is 3.29. The molecule has 0 unspecified atom stereocenters. The first-order valence-electron chi connectivity index (χ1n) is 4.79. The molecule has 0 aliphatic carbocycles. The molecular formula is C11H10N3OS+. The first-order chi connectivity index (χ1) is 7.75. The summed E-state index contributed by atoms with van der Waals surface area (Å²) < 4.78 is 4.16. The number of hydrogen-bond donors (Lipinski definition) is 0. The number of rotatable bonds is 4. The van der Waals surface area contributed by atoms with Crippen LogP contribution in [0.25, 0.3) is 0 Å². The Morgan fingerprint density at radius 2 is 2.44 bits per heavy atom. The number of thioether (sulfide) groups is 1. The molecule has 0 atom stereocenters. The van der Waals surface area contributed by atoms with Gasteiger partial charge in [-0.3, -0.25) is 4.79 Å². The quantitative estimate of drug-likeness (QED) is 0.434. The maximum atomic E-state index is 10.8. The monoisotopic (exact) mass is 232 g/mol. The molecule has 0 amide bonds. The van der Waals surface area contributed by atoms with Crippen molar-refractivity contribution in [3.05, 3.63) is 30.1 Å². The summed E-state index contributed by atoms with van der Waals surface area (Å²) in [5.41, 5.74) is 1.61. The number of nitrogens with zero attached hydrogens (tertiary/aromatic N) is 3. The number of allylic oxidation sites excluding steroid dienone is 2. The Morgan fingerprint density at radius 1 is 1.56 bits per heavy atom. The van der Waals surface area contributed by atoms with E-state index < -0.39 is 0 Å². The topological polar surface area (TPSA) is 57.0 Å². The Hall–Kier alpha value is -1.71. The molecule has 16 heavy (non-hydrogen) atoms. The predicted octanol–water partition coefficient (Wildman–Crippen LogP) is 0.655. The highest BCUT2D eigenvalue weighted by molar-refractivity contribution is 7.99. The summed E-state index contributed by atoms with van der Waals surface area (Å²) in [7, 11) is 0. The number of aromatic nitrogens is 2. The molecule has 0 N–H and O–H groups in total.